The highest BCUT2D eigenvalue weighted by Gasteiger charge is 2.40. The molecular formula is C27H19FN2O2. The fraction of sp³-hybridized carbons (Fsp3) is 0.0741. The van der Waals surface area contributed by atoms with Crippen LogP contribution in [0.1, 0.15) is 33.3 Å². The van der Waals surface area contributed by atoms with Crippen LogP contribution in [-0.2, 0) is 6.54 Å². The van der Waals surface area contributed by atoms with Crippen molar-refractivity contribution in [1.29, 1.82) is 0 Å². The summed E-state index contributed by atoms with van der Waals surface area (Å²) in [6, 6.07) is 25.6. The first kappa shape index (κ1) is 18.6. The Kier molecular flexibility index (Phi) is 4.21. The number of rotatable bonds is 4. The van der Waals surface area contributed by atoms with E-state index in [1.807, 2.05) is 59.5 Å². The first-order valence-corrected chi connectivity index (χ1v) is 10.5. The highest BCUT2D eigenvalue weighted by Crippen LogP contribution is 2.46. The molecule has 4 nitrogen and oxygen atoms in total. The molecule has 1 atom stereocenters. The molecule has 0 bridgehead atoms. The summed E-state index contributed by atoms with van der Waals surface area (Å²) in [6.07, 6.45) is 1.62. The van der Waals surface area contributed by atoms with E-state index >= 15 is 0 Å². The van der Waals surface area contributed by atoms with E-state index in [9.17, 15) is 9.18 Å². The molecule has 0 saturated heterocycles. The predicted molar refractivity (Wildman–Crippen MR) is 121 cm³/mol. The Morgan fingerprint density at radius 2 is 1.69 bits per heavy atom. The fourth-order valence-corrected chi connectivity index (χ4v) is 4.71. The molecule has 32 heavy (non-hydrogen) atoms. The summed E-state index contributed by atoms with van der Waals surface area (Å²) in [7, 11) is 0. The number of benzene rings is 3. The Hall–Kier alpha value is -4.12. The zero-order chi connectivity index (χ0) is 21.7. The molecule has 3 aromatic carbocycles. The standard InChI is InChI=1S/C27H19FN2O2/c28-18-13-11-17(12-14-18)25-24(22-9-3-4-10-23(22)29-25)26-20-7-1-2-8-21(20)27(31)30(26)16-19-6-5-15-32-19/h1-15,26,29H,16H2/t26-/m0/s1. The lowest BCUT2D eigenvalue weighted by atomic mass is 9.93. The van der Waals surface area contributed by atoms with Gasteiger partial charge in [0.15, 0.2) is 0 Å². The number of aromatic amines is 1. The van der Waals surface area contributed by atoms with Crippen molar-refractivity contribution < 1.29 is 13.6 Å². The maximum atomic E-state index is 13.7. The average Bonchev–Trinajstić information content (AvgIpc) is 3.53. The summed E-state index contributed by atoms with van der Waals surface area (Å²) >= 11 is 0. The second-order valence-electron chi connectivity index (χ2n) is 7.97. The number of furan rings is 1. The van der Waals surface area contributed by atoms with Gasteiger partial charge in [0, 0.05) is 22.0 Å². The first-order valence-electron chi connectivity index (χ1n) is 10.5. The predicted octanol–water partition coefficient (Wildman–Crippen LogP) is 6.31. The largest absolute Gasteiger partial charge is 0.467 e. The van der Waals surface area contributed by atoms with Crippen molar-refractivity contribution in [2.75, 3.05) is 0 Å². The van der Waals surface area contributed by atoms with Crippen LogP contribution in [-0.4, -0.2) is 15.8 Å². The highest BCUT2D eigenvalue weighted by atomic mass is 19.1. The van der Waals surface area contributed by atoms with Crippen LogP contribution in [0.3, 0.4) is 0 Å². The van der Waals surface area contributed by atoms with Crippen molar-refractivity contribution in [1.82, 2.24) is 9.88 Å². The van der Waals surface area contributed by atoms with E-state index < -0.39 is 0 Å². The summed E-state index contributed by atoms with van der Waals surface area (Å²) in [6.45, 7) is 0.355. The number of nitrogens with one attached hydrogen (secondary N) is 1. The molecule has 1 aliphatic heterocycles. The van der Waals surface area contributed by atoms with Crippen LogP contribution in [0.5, 0.6) is 0 Å². The van der Waals surface area contributed by atoms with Crippen LogP contribution in [0.2, 0.25) is 0 Å². The smallest absolute Gasteiger partial charge is 0.255 e. The SMILES string of the molecule is O=C1c2ccccc2[C@@H](c2c(-c3ccc(F)cc3)[nH]c3ccccc23)N1Cc1ccco1. The quantitative estimate of drug-likeness (QED) is 0.369. The van der Waals surface area contributed by atoms with Crippen molar-refractivity contribution in [3.05, 3.63) is 119 Å². The Bertz CT molecular complexity index is 1430. The number of nitrogens with zero attached hydrogens (tertiary/aromatic N) is 1. The van der Waals surface area contributed by atoms with Crippen molar-refractivity contribution in [3.8, 4) is 11.3 Å². The molecule has 0 radical (unpaired) electrons. The van der Waals surface area contributed by atoms with Gasteiger partial charge in [-0.15, -0.1) is 0 Å². The van der Waals surface area contributed by atoms with E-state index in [1.165, 1.54) is 12.1 Å². The van der Waals surface area contributed by atoms with E-state index in [4.69, 9.17) is 4.42 Å². The number of halogens is 1. The third-order valence-corrected chi connectivity index (χ3v) is 6.12. The molecule has 156 valence electrons. The van der Waals surface area contributed by atoms with Gasteiger partial charge in [-0.1, -0.05) is 36.4 Å². The van der Waals surface area contributed by atoms with E-state index in [0.717, 1.165) is 39.0 Å². The Balaban J connectivity index is 1.61. The van der Waals surface area contributed by atoms with Crippen LogP contribution in [0.15, 0.2) is 95.6 Å². The number of amides is 1. The minimum atomic E-state index is -0.306. The van der Waals surface area contributed by atoms with Gasteiger partial charge in [-0.3, -0.25) is 4.79 Å². The Labute approximate surface area is 183 Å². The maximum absolute atomic E-state index is 13.7. The number of para-hydroxylation sites is 1. The number of hydrogen-bond acceptors (Lipinski definition) is 2. The van der Waals surface area contributed by atoms with E-state index in [1.54, 1.807) is 18.4 Å². The second-order valence-corrected chi connectivity index (χ2v) is 7.97. The van der Waals surface area contributed by atoms with Crippen LogP contribution < -0.4 is 0 Å². The summed E-state index contributed by atoms with van der Waals surface area (Å²) in [5.74, 6) is 0.406. The van der Waals surface area contributed by atoms with Gasteiger partial charge in [0.05, 0.1) is 24.5 Å². The molecular weight excluding hydrogens is 403 g/mol. The van der Waals surface area contributed by atoms with Gasteiger partial charge in [0.1, 0.15) is 11.6 Å². The van der Waals surface area contributed by atoms with Gasteiger partial charge in [0.25, 0.3) is 5.91 Å². The van der Waals surface area contributed by atoms with Crippen molar-refractivity contribution in [2.24, 2.45) is 0 Å². The molecule has 3 heterocycles. The minimum Gasteiger partial charge on any atom is -0.467 e. The summed E-state index contributed by atoms with van der Waals surface area (Å²) < 4.78 is 19.2. The molecule has 2 aromatic heterocycles. The summed E-state index contributed by atoms with van der Waals surface area (Å²) in [4.78, 5) is 18.9. The number of aromatic nitrogens is 1. The zero-order valence-corrected chi connectivity index (χ0v) is 17.1. The van der Waals surface area contributed by atoms with E-state index in [0.29, 0.717) is 12.1 Å². The van der Waals surface area contributed by atoms with Gasteiger partial charge in [0.2, 0.25) is 0 Å². The second kappa shape index (κ2) is 7.24. The number of carbonyl (C=O) groups is 1. The third kappa shape index (κ3) is 2.86. The Morgan fingerprint density at radius 3 is 2.50 bits per heavy atom. The van der Waals surface area contributed by atoms with Crippen molar-refractivity contribution in [3.63, 3.8) is 0 Å². The minimum absolute atomic E-state index is 0.0302. The fourth-order valence-electron chi connectivity index (χ4n) is 4.71. The van der Waals surface area contributed by atoms with Gasteiger partial charge in [-0.05, 0) is 59.7 Å². The molecule has 1 aliphatic rings. The molecule has 0 aliphatic carbocycles. The summed E-state index contributed by atoms with van der Waals surface area (Å²) in [5.41, 5.74) is 5.36. The zero-order valence-electron chi connectivity index (χ0n) is 17.1. The number of hydrogen-bond donors (Lipinski definition) is 1. The average molecular weight is 422 g/mol. The molecule has 0 fully saturated rings. The normalized spacial score (nSPS) is 15.5. The van der Waals surface area contributed by atoms with Gasteiger partial charge < -0.3 is 14.3 Å². The number of fused-ring (bicyclic) bond motifs is 2. The molecule has 5 aromatic rings. The lowest BCUT2D eigenvalue weighted by Crippen LogP contribution is -2.28. The van der Waals surface area contributed by atoms with Crippen LogP contribution in [0.4, 0.5) is 4.39 Å². The number of H-pyrrole nitrogens is 1. The molecule has 0 spiro atoms. The molecule has 6 rings (SSSR count). The van der Waals surface area contributed by atoms with E-state index in [-0.39, 0.29) is 17.8 Å². The number of carbonyl (C=O) groups excluding carboxylic acids is 1. The lowest BCUT2D eigenvalue weighted by molar-refractivity contribution is 0.0724. The molecule has 1 N–H and O–H groups in total. The van der Waals surface area contributed by atoms with Crippen LogP contribution in [0.25, 0.3) is 22.2 Å². The topological polar surface area (TPSA) is 49.2 Å². The Morgan fingerprint density at radius 1 is 0.906 bits per heavy atom. The highest BCUT2D eigenvalue weighted by molar-refractivity contribution is 6.02. The van der Waals surface area contributed by atoms with Crippen LogP contribution >= 0.6 is 0 Å². The molecule has 0 unspecified atom stereocenters. The van der Waals surface area contributed by atoms with Gasteiger partial charge in [-0.2, -0.15) is 0 Å². The van der Waals surface area contributed by atoms with Gasteiger partial charge in [-0.25, -0.2) is 4.39 Å². The molecule has 1 amide bonds. The lowest BCUT2D eigenvalue weighted by Gasteiger charge is -2.26. The van der Waals surface area contributed by atoms with Gasteiger partial charge >= 0.3 is 0 Å². The van der Waals surface area contributed by atoms with Crippen LogP contribution in [0, 0.1) is 5.82 Å². The third-order valence-electron chi connectivity index (χ3n) is 6.12. The molecule has 0 saturated carbocycles. The van der Waals surface area contributed by atoms with E-state index in [2.05, 4.69) is 11.1 Å². The maximum Gasteiger partial charge on any atom is 0.255 e. The van der Waals surface area contributed by atoms with Crippen molar-refractivity contribution in [2.45, 2.75) is 12.6 Å². The summed E-state index contributed by atoms with van der Waals surface area (Å²) in [5, 5.41) is 1.03. The first-order chi connectivity index (χ1) is 15.7. The molecule has 5 heteroatoms. The monoisotopic (exact) mass is 422 g/mol. The van der Waals surface area contributed by atoms with Crippen molar-refractivity contribution >= 4 is 16.8 Å².